The van der Waals surface area contributed by atoms with Crippen molar-refractivity contribution in [2.45, 2.75) is 19.9 Å². The standard InChI is InChI=1S/C13H15FN4O/c1-2-10-12(14)13(18-7-17-10)16-6-8-5-9(15)3-4-11(8)19/h3-5,7,19H,2,6,15H2,1H3,(H,16,17,18). The number of nitrogens with zero attached hydrogens (tertiary/aromatic N) is 2. The van der Waals surface area contributed by atoms with Gasteiger partial charge in [0.2, 0.25) is 0 Å². The number of nitrogens with one attached hydrogen (secondary N) is 1. The van der Waals surface area contributed by atoms with Crippen LogP contribution in [0, 0.1) is 5.82 Å². The lowest BCUT2D eigenvalue weighted by atomic mass is 10.2. The van der Waals surface area contributed by atoms with Gasteiger partial charge in [-0.05, 0) is 24.6 Å². The fourth-order valence-corrected chi connectivity index (χ4v) is 1.70. The van der Waals surface area contributed by atoms with E-state index in [2.05, 4.69) is 15.3 Å². The first-order valence-electron chi connectivity index (χ1n) is 5.92. The molecule has 0 aliphatic rings. The third kappa shape index (κ3) is 2.90. The maximum Gasteiger partial charge on any atom is 0.186 e. The quantitative estimate of drug-likeness (QED) is 0.580. The highest BCUT2D eigenvalue weighted by Crippen LogP contribution is 2.21. The molecule has 4 N–H and O–H groups in total. The number of hydrogen-bond donors (Lipinski definition) is 3. The third-order valence-electron chi connectivity index (χ3n) is 2.75. The second-order valence-electron chi connectivity index (χ2n) is 4.08. The van der Waals surface area contributed by atoms with Gasteiger partial charge in [0, 0.05) is 17.8 Å². The van der Waals surface area contributed by atoms with Gasteiger partial charge in [-0.15, -0.1) is 0 Å². The predicted octanol–water partition coefficient (Wildman–Crippen LogP) is 2.08. The summed E-state index contributed by atoms with van der Waals surface area (Å²) in [5.41, 5.74) is 7.10. The second-order valence-corrected chi connectivity index (χ2v) is 4.08. The zero-order valence-corrected chi connectivity index (χ0v) is 10.5. The lowest BCUT2D eigenvalue weighted by molar-refractivity contribution is 0.469. The Morgan fingerprint density at radius 1 is 1.37 bits per heavy atom. The Kier molecular flexibility index (Phi) is 3.79. The first-order chi connectivity index (χ1) is 9.11. The normalized spacial score (nSPS) is 10.4. The summed E-state index contributed by atoms with van der Waals surface area (Å²) in [6.45, 7) is 2.05. The number of anilines is 2. The van der Waals surface area contributed by atoms with E-state index in [1.165, 1.54) is 12.4 Å². The summed E-state index contributed by atoms with van der Waals surface area (Å²) in [5.74, 6) is -0.242. The van der Waals surface area contributed by atoms with Crippen LogP contribution in [0.1, 0.15) is 18.2 Å². The van der Waals surface area contributed by atoms with Gasteiger partial charge in [0.25, 0.3) is 0 Å². The number of halogens is 1. The molecule has 0 saturated carbocycles. The molecule has 0 saturated heterocycles. The number of phenols is 1. The van der Waals surface area contributed by atoms with E-state index in [1.807, 2.05) is 6.92 Å². The van der Waals surface area contributed by atoms with Crippen molar-refractivity contribution in [3.05, 3.63) is 41.6 Å². The van der Waals surface area contributed by atoms with Crippen LogP contribution in [-0.4, -0.2) is 15.1 Å². The summed E-state index contributed by atoms with van der Waals surface area (Å²) in [7, 11) is 0. The number of phenolic OH excluding ortho intramolecular Hbond substituents is 1. The van der Waals surface area contributed by atoms with Crippen molar-refractivity contribution in [2.24, 2.45) is 0 Å². The molecule has 0 aliphatic heterocycles. The number of aromatic hydroxyl groups is 1. The topological polar surface area (TPSA) is 84.1 Å². The summed E-state index contributed by atoms with van der Waals surface area (Å²) < 4.78 is 13.9. The fourth-order valence-electron chi connectivity index (χ4n) is 1.70. The molecule has 2 aromatic rings. The summed E-state index contributed by atoms with van der Waals surface area (Å²) in [5, 5.41) is 12.5. The molecule has 5 nitrogen and oxygen atoms in total. The van der Waals surface area contributed by atoms with E-state index in [-0.39, 0.29) is 18.1 Å². The van der Waals surface area contributed by atoms with Gasteiger partial charge in [0.05, 0.1) is 5.69 Å². The van der Waals surface area contributed by atoms with E-state index in [9.17, 15) is 9.50 Å². The zero-order valence-electron chi connectivity index (χ0n) is 10.5. The van der Waals surface area contributed by atoms with Gasteiger partial charge in [-0.1, -0.05) is 6.92 Å². The summed E-state index contributed by atoms with van der Waals surface area (Å²) in [6, 6.07) is 4.72. The second kappa shape index (κ2) is 5.51. The van der Waals surface area contributed by atoms with Gasteiger partial charge in [0.1, 0.15) is 12.1 Å². The first kappa shape index (κ1) is 13.1. The smallest absolute Gasteiger partial charge is 0.186 e. The Morgan fingerprint density at radius 2 is 2.16 bits per heavy atom. The number of aromatic nitrogens is 2. The number of benzene rings is 1. The highest BCUT2D eigenvalue weighted by Gasteiger charge is 2.10. The Balaban J connectivity index is 2.17. The van der Waals surface area contributed by atoms with Crippen molar-refractivity contribution < 1.29 is 9.50 Å². The minimum Gasteiger partial charge on any atom is -0.508 e. The molecule has 1 aromatic carbocycles. The molecule has 6 heteroatoms. The molecule has 19 heavy (non-hydrogen) atoms. The molecule has 0 aliphatic carbocycles. The molecule has 100 valence electrons. The monoisotopic (exact) mass is 262 g/mol. The molecule has 0 fully saturated rings. The molecule has 1 aromatic heterocycles. The number of hydrogen-bond acceptors (Lipinski definition) is 5. The van der Waals surface area contributed by atoms with Gasteiger partial charge in [-0.25, -0.2) is 14.4 Å². The maximum absolute atomic E-state index is 13.9. The van der Waals surface area contributed by atoms with Gasteiger partial charge >= 0.3 is 0 Å². The van der Waals surface area contributed by atoms with Gasteiger partial charge in [-0.2, -0.15) is 0 Å². The van der Waals surface area contributed by atoms with Gasteiger partial charge in [0.15, 0.2) is 11.6 Å². The molecule has 0 atom stereocenters. The fraction of sp³-hybridized carbons (Fsp3) is 0.231. The number of nitrogens with two attached hydrogens (primary N) is 1. The predicted molar refractivity (Wildman–Crippen MR) is 71.2 cm³/mol. The summed E-state index contributed by atoms with van der Waals surface area (Å²) in [4.78, 5) is 7.69. The minimum absolute atomic E-state index is 0.104. The van der Waals surface area contributed by atoms with Gasteiger partial charge in [-0.3, -0.25) is 0 Å². The van der Waals surface area contributed by atoms with Crippen LogP contribution in [0.4, 0.5) is 15.9 Å². The van der Waals surface area contributed by atoms with Crippen LogP contribution >= 0.6 is 0 Å². The van der Waals surface area contributed by atoms with Crippen molar-refractivity contribution in [1.82, 2.24) is 9.97 Å². The SMILES string of the molecule is CCc1ncnc(NCc2cc(N)ccc2O)c1F. The van der Waals surface area contributed by atoms with Crippen LogP contribution in [0.3, 0.4) is 0 Å². The average Bonchev–Trinajstić information content (AvgIpc) is 2.41. The van der Waals surface area contributed by atoms with Crippen molar-refractivity contribution >= 4 is 11.5 Å². The van der Waals surface area contributed by atoms with E-state index in [4.69, 9.17) is 5.73 Å². The van der Waals surface area contributed by atoms with E-state index in [0.717, 1.165) is 0 Å². The Hall–Kier alpha value is -2.37. The minimum atomic E-state index is -0.464. The molecule has 0 spiro atoms. The zero-order chi connectivity index (χ0) is 13.8. The van der Waals surface area contributed by atoms with Crippen LogP contribution < -0.4 is 11.1 Å². The van der Waals surface area contributed by atoms with Crippen molar-refractivity contribution in [2.75, 3.05) is 11.1 Å². The van der Waals surface area contributed by atoms with E-state index in [1.54, 1.807) is 12.1 Å². The van der Waals surface area contributed by atoms with Crippen LogP contribution in [0.15, 0.2) is 24.5 Å². The Morgan fingerprint density at radius 3 is 2.89 bits per heavy atom. The molecule has 0 unspecified atom stereocenters. The van der Waals surface area contributed by atoms with E-state index < -0.39 is 5.82 Å². The lowest BCUT2D eigenvalue weighted by Gasteiger charge is -2.10. The van der Waals surface area contributed by atoms with Crippen molar-refractivity contribution in [3.63, 3.8) is 0 Å². The largest absolute Gasteiger partial charge is 0.508 e. The molecular weight excluding hydrogens is 247 g/mol. The van der Waals surface area contributed by atoms with Crippen molar-refractivity contribution in [1.29, 1.82) is 0 Å². The Labute approximate surface area is 110 Å². The van der Waals surface area contributed by atoms with Crippen LogP contribution in [0.25, 0.3) is 0 Å². The number of nitrogen functional groups attached to an aromatic ring is 1. The third-order valence-corrected chi connectivity index (χ3v) is 2.75. The average molecular weight is 262 g/mol. The molecular formula is C13H15FN4O. The van der Waals surface area contributed by atoms with Crippen LogP contribution in [0.5, 0.6) is 5.75 Å². The molecule has 0 amide bonds. The Bertz CT molecular complexity index is 589. The summed E-state index contributed by atoms with van der Waals surface area (Å²) >= 11 is 0. The van der Waals surface area contributed by atoms with Gasteiger partial charge < -0.3 is 16.2 Å². The highest BCUT2D eigenvalue weighted by atomic mass is 19.1. The molecule has 0 bridgehead atoms. The number of rotatable bonds is 4. The van der Waals surface area contributed by atoms with E-state index in [0.29, 0.717) is 23.4 Å². The van der Waals surface area contributed by atoms with Crippen LogP contribution in [-0.2, 0) is 13.0 Å². The number of aryl methyl sites for hydroxylation is 1. The van der Waals surface area contributed by atoms with E-state index >= 15 is 0 Å². The highest BCUT2D eigenvalue weighted by molar-refractivity contribution is 5.49. The first-order valence-corrected chi connectivity index (χ1v) is 5.92. The lowest BCUT2D eigenvalue weighted by Crippen LogP contribution is -2.07. The summed E-state index contributed by atoms with van der Waals surface area (Å²) in [6.07, 6.45) is 1.80. The molecule has 2 rings (SSSR count). The van der Waals surface area contributed by atoms with Crippen molar-refractivity contribution in [3.8, 4) is 5.75 Å². The molecule has 1 heterocycles. The maximum atomic E-state index is 13.9. The van der Waals surface area contributed by atoms with Crippen LogP contribution in [0.2, 0.25) is 0 Å². The molecule has 0 radical (unpaired) electrons.